The molecular weight excluding hydrogens is 244 g/mol. The van der Waals surface area contributed by atoms with Crippen LogP contribution in [0, 0.1) is 0 Å². The highest BCUT2D eigenvalue weighted by Gasteiger charge is 2.33. The Morgan fingerprint density at radius 2 is 2.21 bits per heavy atom. The summed E-state index contributed by atoms with van der Waals surface area (Å²) in [5.74, 6) is -0.286. The SMILES string of the molecule is CO[C@@H]1C(=O)c2cc(N)ccc2CCC1NC(C)=O. The topological polar surface area (TPSA) is 81.4 Å². The van der Waals surface area contributed by atoms with Crippen LogP contribution in [0.4, 0.5) is 5.69 Å². The van der Waals surface area contributed by atoms with Crippen LogP contribution >= 0.6 is 0 Å². The molecule has 2 rings (SSSR count). The van der Waals surface area contributed by atoms with Gasteiger partial charge in [0.15, 0.2) is 5.78 Å². The summed E-state index contributed by atoms with van der Waals surface area (Å²) in [4.78, 5) is 23.7. The van der Waals surface area contributed by atoms with Gasteiger partial charge >= 0.3 is 0 Å². The number of hydrogen-bond acceptors (Lipinski definition) is 4. The van der Waals surface area contributed by atoms with Gasteiger partial charge in [-0.05, 0) is 30.5 Å². The van der Waals surface area contributed by atoms with Crippen LogP contribution in [0.2, 0.25) is 0 Å². The maximum Gasteiger partial charge on any atom is 0.217 e. The molecule has 19 heavy (non-hydrogen) atoms. The van der Waals surface area contributed by atoms with E-state index in [4.69, 9.17) is 10.5 Å². The Hall–Kier alpha value is -1.88. The molecule has 1 unspecified atom stereocenters. The van der Waals surface area contributed by atoms with Crippen molar-refractivity contribution in [3.05, 3.63) is 29.3 Å². The number of fused-ring (bicyclic) bond motifs is 1. The molecule has 1 aromatic rings. The summed E-state index contributed by atoms with van der Waals surface area (Å²) in [6.07, 6.45) is 0.722. The van der Waals surface area contributed by atoms with Gasteiger partial charge in [0.25, 0.3) is 0 Å². The van der Waals surface area contributed by atoms with Gasteiger partial charge in [-0.3, -0.25) is 9.59 Å². The number of Topliss-reactive ketones (excluding diaryl/α,β-unsaturated/α-hetero) is 1. The van der Waals surface area contributed by atoms with Crippen LogP contribution in [0.15, 0.2) is 18.2 Å². The monoisotopic (exact) mass is 262 g/mol. The number of benzene rings is 1. The molecular formula is C14H18N2O3. The van der Waals surface area contributed by atoms with Gasteiger partial charge in [0.2, 0.25) is 5.91 Å². The van der Waals surface area contributed by atoms with E-state index in [0.717, 1.165) is 5.56 Å². The van der Waals surface area contributed by atoms with E-state index in [2.05, 4.69) is 5.32 Å². The predicted molar refractivity (Wildman–Crippen MR) is 71.9 cm³/mol. The molecule has 0 radical (unpaired) electrons. The second kappa shape index (κ2) is 5.40. The molecule has 0 aromatic heterocycles. The predicted octanol–water partition coefficient (Wildman–Crippen LogP) is 0.917. The summed E-state index contributed by atoms with van der Waals surface area (Å²) >= 11 is 0. The molecule has 0 bridgehead atoms. The van der Waals surface area contributed by atoms with Crippen molar-refractivity contribution in [1.82, 2.24) is 5.32 Å². The summed E-state index contributed by atoms with van der Waals surface area (Å²) in [5, 5.41) is 2.79. The molecule has 0 saturated heterocycles. The van der Waals surface area contributed by atoms with Crippen LogP contribution in [0.3, 0.4) is 0 Å². The number of aryl methyl sites for hydroxylation is 1. The van der Waals surface area contributed by atoms with Crippen molar-refractivity contribution in [2.24, 2.45) is 0 Å². The number of ether oxygens (including phenoxy) is 1. The Morgan fingerprint density at radius 1 is 1.47 bits per heavy atom. The zero-order valence-corrected chi connectivity index (χ0v) is 11.1. The van der Waals surface area contributed by atoms with Crippen molar-refractivity contribution in [2.75, 3.05) is 12.8 Å². The summed E-state index contributed by atoms with van der Waals surface area (Å²) in [6.45, 7) is 1.44. The third-order valence-corrected chi connectivity index (χ3v) is 3.39. The molecule has 1 aliphatic carbocycles. The second-order valence-corrected chi connectivity index (χ2v) is 4.78. The van der Waals surface area contributed by atoms with E-state index in [-0.39, 0.29) is 17.7 Å². The molecule has 5 nitrogen and oxygen atoms in total. The largest absolute Gasteiger partial charge is 0.399 e. The highest BCUT2D eigenvalue weighted by Crippen LogP contribution is 2.24. The quantitative estimate of drug-likeness (QED) is 0.613. The van der Waals surface area contributed by atoms with Gasteiger partial charge in [0.1, 0.15) is 6.10 Å². The third-order valence-electron chi connectivity index (χ3n) is 3.39. The summed E-state index contributed by atoms with van der Waals surface area (Å²) < 4.78 is 5.29. The Morgan fingerprint density at radius 3 is 2.84 bits per heavy atom. The molecule has 0 heterocycles. The number of ketones is 1. The average Bonchev–Trinajstić information content (AvgIpc) is 2.47. The molecule has 0 spiro atoms. The molecule has 1 aromatic carbocycles. The Bertz CT molecular complexity index is 513. The van der Waals surface area contributed by atoms with Crippen LogP contribution in [0.5, 0.6) is 0 Å². The van der Waals surface area contributed by atoms with E-state index in [1.807, 2.05) is 6.07 Å². The average molecular weight is 262 g/mol. The fraction of sp³-hybridized carbons (Fsp3) is 0.429. The van der Waals surface area contributed by atoms with E-state index in [1.54, 1.807) is 12.1 Å². The van der Waals surface area contributed by atoms with Gasteiger partial charge in [-0.1, -0.05) is 6.07 Å². The Kier molecular flexibility index (Phi) is 3.85. The van der Waals surface area contributed by atoms with Crippen LogP contribution in [-0.2, 0) is 16.0 Å². The van der Waals surface area contributed by atoms with E-state index in [0.29, 0.717) is 24.1 Å². The number of methoxy groups -OCH3 is 1. The molecule has 5 heteroatoms. The first kappa shape index (κ1) is 13.5. The van der Waals surface area contributed by atoms with Gasteiger partial charge in [-0.25, -0.2) is 0 Å². The minimum atomic E-state index is -0.660. The zero-order chi connectivity index (χ0) is 14.0. The first-order valence-corrected chi connectivity index (χ1v) is 6.25. The lowest BCUT2D eigenvalue weighted by Crippen LogP contribution is -2.46. The molecule has 0 aliphatic heterocycles. The van der Waals surface area contributed by atoms with Gasteiger partial charge < -0.3 is 15.8 Å². The van der Waals surface area contributed by atoms with Crippen molar-refractivity contribution >= 4 is 17.4 Å². The third kappa shape index (κ3) is 2.76. The molecule has 1 amide bonds. The van der Waals surface area contributed by atoms with Crippen molar-refractivity contribution in [1.29, 1.82) is 0 Å². The lowest BCUT2D eigenvalue weighted by atomic mass is 10.00. The number of nitrogens with two attached hydrogens (primary N) is 1. The number of nitrogen functional groups attached to an aromatic ring is 1. The maximum atomic E-state index is 12.5. The highest BCUT2D eigenvalue weighted by atomic mass is 16.5. The van der Waals surface area contributed by atoms with Crippen molar-refractivity contribution < 1.29 is 14.3 Å². The van der Waals surface area contributed by atoms with Gasteiger partial charge in [0.05, 0.1) is 6.04 Å². The molecule has 2 atom stereocenters. The normalized spacial score (nSPS) is 22.5. The van der Waals surface area contributed by atoms with Gasteiger partial charge in [0, 0.05) is 25.3 Å². The number of hydrogen-bond donors (Lipinski definition) is 2. The smallest absolute Gasteiger partial charge is 0.217 e. The summed E-state index contributed by atoms with van der Waals surface area (Å²) in [7, 11) is 1.48. The maximum absolute atomic E-state index is 12.5. The molecule has 102 valence electrons. The number of amides is 1. The number of nitrogens with one attached hydrogen (secondary N) is 1. The minimum Gasteiger partial charge on any atom is -0.399 e. The fourth-order valence-electron chi connectivity index (χ4n) is 2.52. The van der Waals surface area contributed by atoms with Crippen molar-refractivity contribution in [2.45, 2.75) is 31.9 Å². The van der Waals surface area contributed by atoms with Crippen molar-refractivity contribution in [3.8, 4) is 0 Å². The summed E-state index contributed by atoms with van der Waals surface area (Å²) in [5.41, 5.74) is 7.84. The Labute approximate surface area is 112 Å². The number of anilines is 1. The molecule has 0 fully saturated rings. The van der Waals surface area contributed by atoms with E-state index in [1.165, 1.54) is 14.0 Å². The van der Waals surface area contributed by atoms with E-state index >= 15 is 0 Å². The number of carbonyl (C=O) groups is 2. The van der Waals surface area contributed by atoms with Crippen LogP contribution in [0.25, 0.3) is 0 Å². The second-order valence-electron chi connectivity index (χ2n) is 4.78. The van der Waals surface area contributed by atoms with Crippen LogP contribution in [-0.4, -0.2) is 30.9 Å². The van der Waals surface area contributed by atoms with Crippen LogP contribution < -0.4 is 11.1 Å². The Balaban J connectivity index is 2.37. The lowest BCUT2D eigenvalue weighted by molar-refractivity contribution is -0.120. The molecule has 0 saturated carbocycles. The molecule has 3 N–H and O–H groups in total. The summed E-state index contributed by atoms with van der Waals surface area (Å²) in [6, 6.07) is 5.03. The van der Waals surface area contributed by atoms with Crippen LogP contribution in [0.1, 0.15) is 29.3 Å². The van der Waals surface area contributed by atoms with Crippen molar-refractivity contribution in [3.63, 3.8) is 0 Å². The highest BCUT2D eigenvalue weighted by molar-refractivity contribution is 6.02. The van der Waals surface area contributed by atoms with E-state index in [9.17, 15) is 9.59 Å². The van der Waals surface area contributed by atoms with Gasteiger partial charge in [-0.15, -0.1) is 0 Å². The lowest BCUT2D eigenvalue weighted by Gasteiger charge is -2.23. The number of carbonyl (C=O) groups excluding carboxylic acids is 2. The standard InChI is InChI=1S/C14H18N2O3/c1-8(17)16-12-6-4-9-3-5-10(15)7-11(9)13(18)14(12)19-2/h3,5,7,12,14H,4,6,15H2,1-2H3,(H,16,17)/t12?,14-/m0/s1. The first-order chi connectivity index (χ1) is 9.02. The van der Waals surface area contributed by atoms with Gasteiger partial charge in [-0.2, -0.15) is 0 Å². The fourth-order valence-corrected chi connectivity index (χ4v) is 2.52. The minimum absolute atomic E-state index is 0.124. The van der Waals surface area contributed by atoms with E-state index < -0.39 is 6.10 Å². The number of rotatable bonds is 2. The zero-order valence-electron chi connectivity index (χ0n) is 11.1. The molecule has 1 aliphatic rings. The first-order valence-electron chi connectivity index (χ1n) is 6.25.